The molecule has 0 bridgehead atoms. The molecule has 8 heteroatoms. The van der Waals surface area contributed by atoms with E-state index in [9.17, 15) is 13.2 Å². The van der Waals surface area contributed by atoms with Crippen LogP contribution in [0.3, 0.4) is 0 Å². The Kier molecular flexibility index (Phi) is 3.42. The summed E-state index contributed by atoms with van der Waals surface area (Å²) in [6.45, 7) is 1.80. The van der Waals surface area contributed by atoms with Gasteiger partial charge < -0.3 is 5.32 Å². The first kappa shape index (κ1) is 12.8. The van der Waals surface area contributed by atoms with Crippen molar-refractivity contribution in [2.45, 2.75) is 18.3 Å². The molecule has 2 atom stereocenters. The molecule has 1 amide bonds. The highest BCUT2D eigenvalue weighted by Gasteiger charge is 2.37. The van der Waals surface area contributed by atoms with E-state index in [1.807, 2.05) is 0 Å². The second kappa shape index (κ2) is 4.55. The fraction of sp³-hybridized carbons (Fsp3) is 0.556. The summed E-state index contributed by atoms with van der Waals surface area (Å²) in [5.74, 6) is -0.562. The molecule has 1 aromatic rings. The van der Waals surface area contributed by atoms with Crippen LogP contribution >= 0.6 is 22.9 Å². The van der Waals surface area contributed by atoms with E-state index in [0.29, 0.717) is 5.69 Å². The van der Waals surface area contributed by atoms with Crippen LogP contribution in [0, 0.1) is 6.92 Å². The van der Waals surface area contributed by atoms with Crippen LogP contribution in [0.5, 0.6) is 0 Å². The number of thiazole rings is 1. The van der Waals surface area contributed by atoms with Gasteiger partial charge >= 0.3 is 0 Å². The van der Waals surface area contributed by atoms with E-state index in [0.717, 1.165) is 5.01 Å². The number of nitrogens with zero attached hydrogens (tertiary/aromatic N) is 1. The van der Waals surface area contributed by atoms with Gasteiger partial charge in [-0.1, -0.05) is 0 Å². The van der Waals surface area contributed by atoms with Gasteiger partial charge in [-0.15, -0.1) is 22.9 Å². The number of sulfone groups is 1. The van der Waals surface area contributed by atoms with Gasteiger partial charge in [-0.25, -0.2) is 13.4 Å². The Labute approximate surface area is 108 Å². The maximum atomic E-state index is 11.8. The minimum absolute atomic E-state index is 0.0877. The number of hydrogen-bond donors (Lipinski definition) is 1. The number of aryl methyl sites for hydroxylation is 1. The first-order valence-corrected chi connectivity index (χ1v) is 8.08. The lowest BCUT2D eigenvalue weighted by Crippen LogP contribution is -2.40. The summed E-state index contributed by atoms with van der Waals surface area (Å²) < 4.78 is 22.6. The van der Waals surface area contributed by atoms with E-state index in [-0.39, 0.29) is 17.4 Å². The maximum absolute atomic E-state index is 11.8. The van der Waals surface area contributed by atoms with Crippen LogP contribution in [0.1, 0.15) is 15.5 Å². The SMILES string of the molecule is Cc1nc(C(=O)NC2CS(=O)(=O)CC2Cl)cs1. The van der Waals surface area contributed by atoms with Crippen LogP contribution in [0.4, 0.5) is 0 Å². The third-order valence-electron chi connectivity index (χ3n) is 2.45. The summed E-state index contributed by atoms with van der Waals surface area (Å²) in [5, 5.41) is 4.47. The second-order valence-electron chi connectivity index (χ2n) is 3.92. The average Bonchev–Trinajstić information content (AvgIpc) is 2.71. The first-order chi connectivity index (χ1) is 7.87. The van der Waals surface area contributed by atoms with Gasteiger partial charge in [0.15, 0.2) is 9.84 Å². The Morgan fingerprint density at radius 1 is 1.59 bits per heavy atom. The van der Waals surface area contributed by atoms with Gasteiger partial charge in [0, 0.05) is 5.38 Å². The number of nitrogens with one attached hydrogen (secondary N) is 1. The van der Waals surface area contributed by atoms with Crippen LogP contribution in [0.15, 0.2) is 5.38 Å². The zero-order chi connectivity index (χ0) is 12.6. The van der Waals surface area contributed by atoms with Crippen molar-refractivity contribution in [1.82, 2.24) is 10.3 Å². The molecule has 1 fully saturated rings. The average molecular weight is 295 g/mol. The van der Waals surface area contributed by atoms with Gasteiger partial charge in [-0.2, -0.15) is 0 Å². The van der Waals surface area contributed by atoms with E-state index in [4.69, 9.17) is 11.6 Å². The van der Waals surface area contributed by atoms with Crippen molar-refractivity contribution in [3.05, 3.63) is 16.1 Å². The summed E-state index contributed by atoms with van der Waals surface area (Å²) in [6, 6.07) is -0.531. The lowest BCUT2D eigenvalue weighted by Gasteiger charge is -2.12. The summed E-state index contributed by atoms with van der Waals surface area (Å²) in [6.07, 6.45) is 0. The van der Waals surface area contributed by atoms with E-state index >= 15 is 0 Å². The molecule has 0 saturated carbocycles. The van der Waals surface area contributed by atoms with E-state index in [2.05, 4.69) is 10.3 Å². The highest BCUT2D eigenvalue weighted by molar-refractivity contribution is 7.91. The Morgan fingerprint density at radius 3 is 2.76 bits per heavy atom. The molecule has 2 heterocycles. The van der Waals surface area contributed by atoms with Crippen molar-refractivity contribution >= 4 is 38.7 Å². The lowest BCUT2D eigenvalue weighted by atomic mass is 10.2. The maximum Gasteiger partial charge on any atom is 0.271 e. The standard InChI is InChI=1S/C9H11ClN2O3S2/c1-5-11-7(2-16-5)9(13)12-8-4-17(14,15)3-6(8)10/h2,6,8H,3-4H2,1H3,(H,12,13). The number of halogens is 1. The molecule has 2 unspecified atom stereocenters. The molecule has 0 radical (unpaired) electrons. The first-order valence-electron chi connectivity index (χ1n) is 4.95. The number of hydrogen-bond acceptors (Lipinski definition) is 5. The lowest BCUT2D eigenvalue weighted by molar-refractivity contribution is 0.0937. The van der Waals surface area contributed by atoms with Crippen LogP contribution in [-0.2, 0) is 9.84 Å². The Morgan fingerprint density at radius 2 is 2.29 bits per heavy atom. The third-order valence-corrected chi connectivity index (χ3v) is 5.60. The van der Waals surface area contributed by atoms with E-state index < -0.39 is 21.3 Å². The van der Waals surface area contributed by atoms with Gasteiger partial charge in [0.05, 0.1) is 27.9 Å². The van der Waals surface area contributed by atoms with Crippen molar-refractivity contribution in [2.24, 2.45) is 0 Å². The summed E-state index contributed by atoms with van der Waals surface area (Å²) in [7, 11) is -3.13. The highest BCUT2D eigenvalue weighted by atomic mass is 35.5. The molecule has 1 aliphatic rings. The fourth-order valence-electron chi connectivity index (χ4n) is 1.65. The predicted molar refractivity (Wildman–Crippen MR) is 66.4 cm³/mol. The monoisotopic (exact) mass is 294 g/mol. The molecular weight excluding hydrogens is 284 g/mol. The zero-order valence-electron chi connectivity index (χ0n) is 9.01. The summed E-state index contributed by atoms with van der Waals surface area (Å²) >= 11 is 7.26. The topological polar surface area (TPSA) is 76.1 Å². The molecule has 0 aliphatic carbocycles. The number of amides is 1. The minimum atomic E-state index is -3.13. The molecule has 1 saturated heterocycles. The molecule has 0 spiro atoms. The summed E-state index contributed by atoms with van der Waals surface area (Å²) in [5.41, 5.74) is 0.306. The van der Waals surface area contributed by atoms with Crippen LogP contribution in [0.2, 0.25) is 0 Å². The zero-order valence-corrected chi connectivity index (χ0v) is 11.4. The van der Waals surface area contributed by atoms with E-state index in [1.165, 1.54) is 11.3 Å². The van der Waals surface area contributed by atoms with Crippen molar-refractivity contribution in [2.75, 3.05) is 11.5 Å². The van der Waals surface area contributed by atoms with Crippen molar-refractivity contribution in [1.29, 1.82) is 0 Å². The molecule has 2 rings (SSSR count). The van der Waals surface area contributed by atoms with Crippen molar-refractivity contribution in [3.8, 4) is 0 Å². The van der Waals surface area contributed by atoms with Gasteiger partial charge in [-0.05, 0) is 6.92 Å². The number of carbonyl (C=O) groups excluding carboxylic acids is 1. The van der Waals surface area contributed by atoms with Gasteiger partial charge in [0.1, 0.15) is 5.69 Å². The highest BCUT2D eigenvalue weighted by Crippen LogP contribution is 2.18. The normalized spacial score (nSPS) is 26.9. The van der Waals surface area contributed by atoms with Crippen molar-refractivity contribution < 1.29 is 13.2 Å². The fourth-order valence-corrected chi connectivity index (χ4v) is 4.79. The van der Waals surface area contributed by atoms with Crippen LogP contribution in [-0.4, -0.2) is 42.2 Å². The molecule has 1 aliphatic heterocycles. The smallest absolute Gasteiger partial charge is 0.271 e. The molecule has 1 aromatic heterocycles. The quantitative estimate of drug-likeness (QED) is 0.810. The molecule has 1 N–H and O–H groups in total. The predicted octanol–water partition coefficient (Wildman–Crippen LogP) is 0.586. The molecular formula is C9H11ClN2O3S2. The third kappa shape index (κ3) is 2.97. The number of alkyl halides is 1. The minimum Gasteiger partial charge on any atom is -0.345 e. The van der Waals surface area contributed by atoms with Crippen LogP contribution in [0.25, 0.3) is 0 Å². The molecule has 5 nitrogen and oxygen atoms in total. The molecule has 17 heavy (non-hydrogen) atoms. The molecule has 0 aromatic carbocycles. The van der Waals surface area contributed by atoms with Gasteiger partial charge in [0.2, 0.25) is 0 Å². The Bertz CT molecular complexity index is 540. The van der Waals surface area contributed by atoms with Crippen LogP contribution < -0.4 is 5.32 Å². The Hall–Kier alpha value is -0.660. The molecule has 94 valence electrons. The number of carbonyl (C=O) groups is 1. The van der Waals surface area contributed by atoms with Crippen molar-refractivity contribution in [3.63, 3.8) is 0 Å². The number of aromatic nitrogens is 1. The Balaban J connectivity index is 2.05. The van der Waals surface area contributed by atoms with E-state index in [1.54, 1.807) is 12.3 Å². The number of rotatable bonds is 2. The summed E-state index contributed by atoms with van der Waals surface area (Å²) in [4.78, 5) is 15.8. The second-order valence-corrected chi connectivity index (χ2v) is 7.70. The largest absolute Gasteiger partial charge is 0.345 e. The van der Waals surface area contributed by atoms with Gasteiger partial charge in [0.25, 0.3) is 5.91 Å². The van der Waals surface area contributed by atoms with Gasteiger partial charge in [-0.3, -0.25) is 4.79 Å².